The van der Waals surface area contributed by atoms with Gasteiger partial charge in [0.2, 0.25) is 0 Å². The van der Waals surface area contributed by atoms with Gasteiger partial charge in [-0.25, -0.2) is 0 Å². The van der Waals surface area contributed by atoms with E-state index in [0.29, 0.717) is 31.6 Å². The van der Waals surface area contributed by atoms with Gasteiger partial charge in [0, 0.05) is 78.0 Å². The highest BCUT2D eigenvalue weighted by Crippen LogP contribution is 2.43. The van der Waals surface area contributed by atoms with E-state index in [0.717, 1.165) is 62.1 Å². The Bertz CT molecular complexity index is 1570. The number of carbonyl (C=O) groups is 1. The number of nitrogens with one attached hydrogen (secondary N) is 1. The number of aryl methyl sites for hydroxylation is 2. The summed E-state index contributed by atoms with van der Waals surface area (Å²) in [5.41, 5.74) is 15.8. The summed E-state index contributed by atoms with van der Waals surface area (Å²) in [5.74, 6) is 0.639. The average molecular weight is 511 g/mol. The first-order valence-electron chi connectivity index (χ1n) is 13.0. The Morgan fingerprint density at radius 1 is 1.08 bits per heavy atom. The lowest BCUT2D eigenvalue weighted by atomic mass is 9.89. The SMILES string of the molecule is CC/N=c1/cc2oc3cc(NCC)c(C)cc3c(-c3ccccc3C(=O)N(C)CCCN=[N+]=[N-])c-2cc1C. The van der Waals surface area contributed by atoms with Crippen molar-refractivity contribution in [2.24, 2.45) is 10.1 Å². The molecule has 1 heterocycles. The summed E-state index contributed by atoms with van der Waals surface area (Å²) in [7, 11) is 1.78. The van der Waals surface area contributed by atoms with Gasteiger partial charge < -0.3 is 14.6 Å². The van der Waals surface area contributed by atoms with E-state index in [1.54, 1.807) is 11.9 Å². The Kier molecular flexibility index (Phi) is 8.34. The third-order valence-corrected chi connectivity index (χ3v) is 6.67. The normalized spacial score (nSPS) is 11.6. The first-order chi connectivity index (χ1) is 18.4. The lowest BCUT2D eigenvalue weighted by Gasteiger charge is -2.22. The van der Waals surface area contributed by atoms with E-state index in [4.69, 9.17) is 9.95 Å². The molecule has 0 saturated heterocycles. The molecular weight excluding hydrogens is 476 g/mol. The molecule has 0 bridgehead atoms. The fraction of sp³-hybridized carbons (Fsp3) is 0.333. The first-order valence-corrected chi connectivity index (χ1v) is 13.0. The lowest BCUT2D eigenvalue weighted by Crippen LogP contribution is -2.28. The van der Waals surface area contributed by atoms with Crippen LogP contribution in [0.1, 0.15) is 41.8 Å². The van der Waals surface area contributed by atoms with Crippen molar-refractivity contribution in [1.82, 2.24) is 4.90 Å². The molecule has 0 atom stereocenters. The van der Waals surface area contributed by atoms with Gasteiger partial charge in [-0.05, 0) is 74.5 Å². The minimum Gasteiger partial charge on any atom is -0.456 e. The number of anilines is 1. The third kappa shape index (κ3) is 5.36. The summed E-state index contributed by atoms with van der Waals surface area (Å²) in [5, 5.41) is 8.85. The highest BCUT2D eigenvalue weighted by molar-refractivity contribution is 6.09. The molecular formula is C30H34N6O2. The third-order valence-electron chi connectivity index (χ3n) is 6.67. The van der Waals surface area contributed by atoms with Crippen LogP contribution in [0.25, 0.3) is 43.9 Å². The molecule has 0 spiro atoms. The van der Waals surface area contributed by atoms with Crippen molar-refractivity contribution in [1.29, 1.82) is 0 Å². The van der Waals surface area contributed by atoms with Crippen molar-refractivity contribution in [2.45, 2.75) is 34.1 Å². The maximum Gasteiger partial charge on any atom is 0.254 e. The molecule has 0 radical (unpaired) electrons. The number of nitrogens with zero attached hydrogens (tertiary/aromatic N) is 5. The zero-order valence-electron chi connectivity index (χ0n) is 22.7. The Balaban J connectivity index is 1.99. The van der Waals surface area contributed by atoms with Crippen molar-refractivity contribution < 1.29 is 9.21 Å². The molecule has 2 aliphatic rings. The number of azide groups is 1. The summed E-state index contributed by atoms with van der Waals surface area (Å²) in [6, 6.07) is 16.0. The van der Waals surface area contributed by atoms with E-state index in [1.165, 1.54) is 0 Å². The molecule has 0 fully saturated rings. The molecule has 196 valence electrons. The van der Waals surface area contributed by atoms with Crippen LogP contribution in [0, 0.1) is 13.8 Å². The van der Waals surface area contributed by atoms with Crippen LogP contribution < -0.4 is 10.7 Å². The second-order valence-corrected chi connectivity index (χ2v) is 9.36. The summed E-state index contributed by atoms with van der Waals surface area (Å²) in [6.45, 7) is 10.5. The molecule has 0 saturated carbocycles. The van der Waals surface area contributed by atoms with Gasteiger partial charge >= 0.3 is 0 Å². The Hall–Kier alpha value is -4.29. The molecule has 0 aromatic heterocycles. The van der Waals surface area contributed by atoms with Crippen molar-refractivity contribution in [3.8, 4) is 22.5 Å². The lowest BCUT2D eigenvalue weighted by molar-refractivity contribution is 0.0795. The standard InChI is InChI=1S/C30H34N6O2/c1-6-32-25-17-27-23(15-19(25)3)29(24-16-20(4)26(33-7-2)18-28(24)38-27)21-11-8-9-12-22(21)30(37)36(5)14-10-13-34-35-31/h8-9,11-12,15-18,32H,6-7,10,13-14H2,1-5H3/b33-26-. The Labute approximate surface area is 223 Å². The van der Waals surface area contributed by atoms with Crippen molar-refractivity contribution in [3.05, 3.63) is 81.0 Å². The maximum atomic E-state index is 13.7. The number of hydrogen-bond donors (Lipinski definition) is 1. The quantitative estimate of drug-likeness (QED) is 0.0865. The fourth-order valence-electron chi connectivity index (χ4n) is 4.82. The molecule has 1 aliphatic carbocycles. The van der Waals surface area contributed by atoms with Gasteiger partial charge in [0.15, 0.2) is 0 Å². The minimum atomic E-state index is -0.0843. The van der Waals surface area contributed by atoms with Crippen molar-refractivity contribution >= 4 is 22.6 Å². The molecule has 8 heteroatoms. The number of fused-ring (bicyclic) bond motifs is 2. The number of carbonyl (C=O) groups excluding carboxylic acids is 1. The number of hydrogen-bond acceptors (Lipinski definition) is 5. The van der Waals surface area contributed by atoms with Crippen LogP contribution in [0.2, 0.25) is 0 Å². The minimum absolute atomic E-state index is 0.0843. The molecule has 2 aromatic rings. The molecule has 1 N–H and O–H groups in total. The van der Waals surface area contributed by atoms with Crippen LogP contribution in [0.3, 0.4) is 0 Å². The Morgan fingerprint density at radius 2 is 1.87 bits per heavy atom. The van der Waals surface area contributed by atoms with E-state index < -0.39 is 0 Å². The molecule has 38 heavy (non-hydrogen) atoms. The van der Waals surface area contributed by atoms with Crippen LogP contribution in [-0.4, -0.2) is 44.0 Å². The van der Waals surface area contributed by atoms with Crippen LogP contribution in [0.15, 0.2) is 63.1 Å². The van der Waals surface area contributed by atoms with E-state index in [9.17, 15) is 4.79 Å². The average Bonchev–Trinajstić information content (AvgIpc) is 2.91. The summed E-state index contributed by atoms with van der Waals surface area (Å²) in [6.07, 6.45) is 0.597. The van der Waals surface area contributed by atoms with Gasteiger partial charge in [0.25, 0.3) is 5.91 Å². The van der Waals surface area contributed by atoms with Crippen LogP contribution in [0.5, 0.6) is 0 Å². The smallest absolute Gasteiger partial charge is 0.254 e. The zero-order chi connectivity index (χ0) is 27.2. The molecule has 1 amide bonds. The largest absolute Gasteiger partial charge is 0.456 e. The van der Waals surface area contributed by atoms with Gasteiger partial charge in [-0.15, -0.1) is 0 Å². The second-order valence-electron chi connectivity index (χ2n) is 9.36. The maximum absolute atomic E-state index is 13.7. The fourth-order valence-corrected chi connectivity index (χ4v) is 4.82. The van der Waals surface area contributed by atoms with Gasteiger partial charge in [-0.2, -0.15) is 0 Å². The van der Waals surface area contributed by atoms with Crippen LogP contribution in [0.4, 0.5) is 5.69 Å². The topological polar surface area (TPSA) is 107 Å². The predicted octanol–water partition coefficient (Wildman–Crippen LogP) is 6.95. The van der Waals surface area contributed by atoms with Gasteiger partial charge in [0.1, 0.15) is 11.3 Å². The molecule has 1 aliphatic heterocycles. The number of benzene rings is 3. The first kappa shape index (κ1) is 26.8. The second kappa shape index (κ2) is 11.8. The molecule has 8 nitrogen and oxygen atoms in total. The number of amides is 1. The predicted molar refractivity (Wildman–Crippen MR) is 154 cm³/mol. The van der Waals surface area contributed by atoms with E-state index >= 15 is 0 Å². The van der Waals surface area contributed by atoms with E-state index in [2.05, 4.69) is 53.2 Å². The molecule has 2 aromatic carbocycles. The van der Waals surface area contributed by atoms with Gasteiger partial charge in [0.05, 0.1) is 5.36 Å². The number of rotatable bonds is 9. The van der Waals surface area contributed by atoms with E-state index in [-0.39, 0.29) is 5.91 Å². The van der Waals surface area contributed by atoms with Crippen LogP contribution >= 0.6 is 0 Å². The Morgan fingerprint density at radius 3 is 2.61 bits per heavy atom. The summed E-state index contributed by atoms with van der Waals surface area (Å²) < 4.78 is 6.48. The van der Waals surface area contributed by atoms with Crippen molar-refractivity contribution in [2.75, 3.05) is 38.5 Å². The molecule has 0 unspecified atom stereocenters. The van der Waals surface area contributed by atoms with Gasteiger partial charge in [-0.3, -0.25) is 9.79 Å². The summed E-state index contributed by atoms with van der Waals surface area (Å²) >= 11 is 0. The van der Waals surface area contributed by atoms with Crippen molar-refractivity contribution in [3.63, 3.8) is 0 Å². The molecule has 4 rings (SSSR count). The highest BCUT2D eigenvalue weighted by atomic mass is 16.3. The van der Waals surface area contributed by atoms with E-state index in [1.807, 2.05) is 43.3 Å². The summed E-state index contributed by atoms with van der Waals surface area (Å²) in [4.78, 5) is 22.8. The highest BCUT2D eigenvalue weighted by Gasteiger charge is 2.24. The van der Waals surface area contributed by atoms with Crippen LogP contribution in [-0.2, 0) is 0 Å². The van der Waals surface area contributed by atoms with Gasteiger partial charge in [-0.1, -0.05) is 23.3 Å². The zero-order valence-corrected chi connectivity index (χ0v) is 22.7. The monoisotopic (exact) mass is 510 g/mol.